The number of piperazine rings is 1. The van der Waals surface area contributed by atoms with E-state index >= 15 is 0 Å². The Hall–Kier alpha value is -2.78. The van der Waals surface area contributed by atoms with Crippen LogP contribution in [-0.2, 0) is 9.59 Å². The number of imide groups is 2. The molecule has 172 valence electrons. The molecule has 1 aromatic rings. The van der Waals surface area contributed by atoms with Gasteiger partial charge in [0.05, 0.1) is 11.1 Å². The Balaban J connectivity index is 1.37. The number of nitrogens with one attached hydrogen (secondary N) is 1. The largest absolute Gasteiger partial charge is 0.369 e. The summed E-state index contributed by atoms with van der Waals surface area (Å²) in [4.78, 5) is 55.2. The van der Waals surface area contributed by atoms with Gasteiger partial charge in [0, 0.05) is 38.3 Å². The molecule has 0 aliphatic carbocycles. The van der Waals surface area contributed by atoms with Crippen LogP contribution >= 0.6 is 0 Å². The summed E-state index contributed by atoms with van der Waals surface area (Å²) in [6.45, 7) is 5.50. The minimum absolute atomic E-state index is 0.117. The molecule has 3 aliphatic rings. The lowest BCUT2D eigenvalue weighted by atomic mass is 10.0. The molecule has 3 aliphatic heterocycles. The number of hydrogen-bond donors (Lipinski definition) is 2. The molecule has 4 rings (SSSR count). The van der Waals surface area contributed by atoms with Crippen molar-refractivity contribution in [3.63, 3.8) is 0 Å². The quantitative estimate of drug-likeness (QED) is 0.451. The normalized spacial score (nSPS) is 21.8. The van der Waals surface area contributed by atoms with Gasteiger partial charge >= 0.3 is 0 Å². The van der Waals surface area contributed by atoms with Crippen molar-refractivity contribution in [2.45, 2.75) is 44.6 Å². The number of amides is 4. The van der Waals surface area contributed by atoms with Crippen molar-refractivity contribution in [1.82, 2.24) is 15.1 Å². The van der Waals surface area contributed by atoms with Gasteiger partial charge in [-0.05, 0) is 50.6 Å². The molecule has 9 heteroatoms. The van der Waals surface area contributed by atoms with Crippen LogP contribution in [0.2, 0.25) is 0 Å². The Bertz CT molecular complexity index is 910. The van der Waals surface area contributed by atoms with Crippen LogP contribution < -0.4 is 16.0 Å². The van der Waals surface area contributed by atoms with Gasteiger partial charge in [0.2, 0.25) is 11.8 Å². The monoisotopic (exact) mass is 441 g/mol. The van der Waals surface area contributed by atoms with Crippen molar-refractivity contribution in [3.8, 4) is 0 Å². The summed E-state index contributed by atoms with van der Waals surface area (Å²) in [6, 6.07) is 4.39. The molecule has 3 N–H and O–H groups in total. The van der Waals surface area contributed by atoms with Crippen molar-refractivity contribution in [2.24, 2.45) is 5.73 Å². The van der Waals surface area contributed by atoms with E-state index in [1.807, 2.05) is 6.07 Å². The van der Waals surface area contributed by atoms with Gasteiger partial charge in [0.1, 0.15) is 6.04 Å². The predicted octanol–water partition coefficient (Wildman–Crippen LogP) is 0.729. The van der Waals surface area contributed by atoms with Crippen LogP contribution in [0.25, 0.3) is 0 Å². The lowest BCUT2D eigenvalue weighted by molar-refractivity contribution is -0.136. The highest BCUT2D eigenvalue weighted by Crippen LogP contribution is 2.31. The fraction of sp³-hybridized carbons (Fsp3) is 0.565. The van der Waals surface area contributed by atoms with E-state index in [2.05, 4.69) is 15.1 Å². The molecule has 3 heterocycles. The second kappa shape index (κ2) is 9.79. The first-order valence-electron chi connectivity index (χ1n) is 11.5. The average Bonchev–Trinajstić information content (AvgIpc) is 3.04. The van der Waals surface area contributed by atoms with Gasteiger partial charge in [0.15, 0.2) is 0 Å². The number of unbranched alkanes of at least 4 members (excludes halogenated alkanes) is 3. The Morgan fingerprint density at radius 3 is 2.34 bits per heavy atom. The maximum absolute atomic E-state index is 13.0. The third-order valence-electron chi connectivity index (χ3n) is 6.59. The predicted molar refractivity (Wildman–Crippen MR) is 119 cm³/mol. The van der Waals surface area contributed by atoms with Gasteiger partial charge in [-0.15, -0.1) is 0 Å². The first-order chi connectivity index (χ1) is 15.5. The zero-order chi connectivity index (χ0) is 22.7. The zero-order valence-corrected chi connectivity index (χ0v) is 18.3. The maximum atomic E-state index is 13.0. The maximum Gasteiger partial charge on any atom is 0.262 e. The molecule has 1 atom stereocenters. The van der Waals surface area contributed by atoms with Crippen LogP contribution in [0, 0.1) is 0 Å². The van der Waals surface area contributed by atoms with E-state index in [1.165, 1.54) is 19.3 Å². The number of carbonyl (C=O) groups excluding carboxylic acids is 4. The second-order valence-electron chi connectivity index (χ2n) is 8.71. The summed E-state index contributed by atoms with van der Waals surface area (Å²) in [5.41, 5.74) is 7.11. The summed E-state index contributed by atoms with van der Waals surface area (Å²) in [6.07, 6.45) is 4.96. The molecule has 0 spiro atoms. The van der Waals surface area contributed by atoms with E-state index < -0.39 is 23.8 Å². The van der Waals surface area contributed by atoms with E-state index in [4.69, 9.17) is 5.73 Å². The van der Waals surface area contributed by atoms with Crippen LogP contribution in [0.15, 0.2) is 18.2 Å². The standard InChI is InChI=1S/C23H31N5O4/c24-9-3-1-2-4-10-26-11-13-27(14-12-26)16-5-6-17-18(15-16)23(32)28(22(17)31)19-7-8-20(29)25-21(19)30/h5-6,15,19H,1-4,7-14,24H2,(H,25,29,30). The number of piperidine rings is 1. The van der Waals surface area contributed by atoms with E-state index in [0.717, 1.165) is 56.3 Å². The summed E-state index contributed by atoms with van der Waals surface area (Å²) < 4.78 is 0. The molecule has 1 unspecified atom stereocenters. The minimum atomic E-state index is -0.933. The number of rotatable bonds is 8. The van der Waals surface area contributed by atoms with Gasteiger partial charge in [-0.25, -0.2) is 0 Å². The first kappa shape index (κ1) is 22.4. The molecule has 0 saturated carbocycles. The van der Waals surface area contributed by atoms with Gasteiger partial charge in [0.25, 0.3) is 11.8 Å². The van der Waals surface area contributed by atoms with Gasteiger partial charge in [-0.1, -0.05) is 12.8 Å². The van der Waals surface area contributed by atoms with Crippen molar-refractivity contribution in [1.29, 1.82) is 0 Å². The zero-order valence-electron chi connectivity index (χ0n) is 18.3. The molecule has 4 amide bonds. The van der Waals surface area contributed by atoms with E-state index in [0.29, 0.717) is 11.1 Å². The topological polar surface area (TPSA) is 116 Å². The second-order valence-corrected chi connectivity index (χ2v) is 8.71. The number of hydrogen-bond acceptors (Lipinski definition) is 7. The number of fused-ring (bicyclic) bond motifs is 1. The highest BCUT2D eigenvalue weighted by molar-refractivity contribution is 6.23. The number of benzene rings is 1. The van der Waals surface area contributed by atoms with Crippen LogP contribution in [0.5, 0.6) is 0 Å². The summed E-state index contributed by atoms with van der Waals surface area (Å²) in [5.74, 6) is -1.89. The molecular formula is C23H31N5O4. The van der Waals surface area contributed by atoms with E-state index in [9.17, 15) is 19.2 Å². The fourth-order valence-corrected chi connectivity index (χ4v) is 4.72. The van der Waals surface area contributed by atoms with Gasteiger partial charge in [-0.3, -0.25) is 34.3 Å². The van der Waals surface area contributed by atoms with Gasteiger partial charge in [-0.2, -0.15) is 0 Å². The lowest BCUT2D eigenvalue weighted by Gasteiger charge is -2.36. The third kappa shape index (κ3) is 4.54. The molecule has 0 aromatic heterocycles. The number of nitrogens with two attached hydrogens (primary N) is 1. The summed E-state index contributed by atoms with van der Waals surface area (Å²) >= 11 is 0. The van der Waals surface area contributed by atoms with Crippen molar-refractivity contribution in [2.75, 3.05) is 44.2 Å². The first-order valence-corrected chi connectivity index (χ1v) is 11.5. The molecule has 0 radical (unpaired) electrons. The Labute approximate surface area is 187 Å². The number of carbonyl (C=O) groups is 4. The van der Waals surface area contributed by atoms with Crippen LogP contribution in [0.3, 0.4) is 0 Å². The molecule has 32 heavy (non-hydrogen) atoms. The molecule has 9 nitrogen and oxygen atoms in total. The van der Waals surface area contributed by atoms with Crippen molar-refractivity contribution < 1.29 is 19.2 Å². The van der Waals surface area contributed by atoms with Gasteiger partial charge < -0.3 is 10.6 Å². The number of anilines is 1. The lowest BCUT2D eigenvalue weighted by Crippen LogP contribution is -2.54. The molecule has 2 saturated heterocycles. The third-order valence-corrected chi connectivity index (χ3v) is 6.59. The highest BCUT2D eigenvalue weighted by atomic mass is 16.2. The summed E-state index contributed by atoms with van der Waals surface area (Å²) in [7, 11) is 0. The highest BCUT2D eigenvalue weighted by Gasteiger charge is 2.44. The van der Waals surface area contributed by atoms with Crippen molar-refractivity contribution in [3.05, 3.63) is 29.3 Å². The Morgan fingerprint density at radius 2 is 1.62 bits per heavy atom. The minimum Gasteiger partial charge on any atom is -0.369 e. The van der Waals surface area contributed by atoms with E-state index in [-0.39, 0.29) is 18.7 Å². The number of nitrogens with zero attached hydrogens (tertiary/aromatic N) is 3. The van der Waals surface area contributed by atoms with Crippen LogP contribution in [0.1, 0.15) is 59.2 Å². The summed E-state index contributed by atoms with van der Waals surface area (Å²) in [5, 5.41) is 2.22. The van der Waals surface area contributed by atoms with E-state index in [1.54, 1.807) is 12.1 Å². The smallest absolute Gasteiger partial charge is 0.262 e. The molecule has 2 fully saturated rings. The molecule has 1 aromatic carbocycles. The van der Waals surface area contributed by atoms with Crippen molar-refractivity contribution >= 4 is 29.3 Å². The molecule has 0 bridgehead atoms. The van der Waals surface area contributed by atoms with Crippen LogP contribution in [-0.4, -0.2) is 78.7 Å². The average molecular weight is 442 g/mol. The Morgan fingerprint density at radius 1 is 0.906 bits per heavy atom. The molecular weight excluding hydrogens is 410 g/mol. The Kier molecular flexibility index (Phi) is 6.86. The SMILES string of the molecule is NCCCCCCN1CCN(c2ccc3c(c2)C(=O)N(C2CCC(=O)NC2=O)C3=O)CC1. The van der Waals surface area contributed by atoms with Crippen LogP contribution in [0.4, 0.5) is 5.69 Å². The fourth-order valence-electron chi connectivity index (χ4n) is 4.72.